The third kappa shape index (κ3) is 4.30. The Bertz CT molecular complexity index is 878. The van der Waals surface area contributed by atoms with Gasteiger partial charge in [0.25, 0.3) is 0 Å². The van der Waals surface area contributed by atoms with Crippen LogP contribution in [0.2, 0.25) is 0 Å². The lowest BCUT2D eigenvalue weighted by molar-refractivity contribution is -0.116. The maximum absolute atomic E-state index is 12.4. The summed E-state index contributed by atoms with van der Waals surface area (Å²) in [6.07, 6.45) is 0.940. The number of para-hydroxylation sites is 2. The topological polar surface area (TPSA) is 64.4 Å². The number of carbonyl (C=O) groups excluding carboxylic acids is 1. The molecule has 0 saturated heterocycles. The van der Waals surface area contributed by atoms with Crippen LogP contribution < -0.4 is 10.1 Å². The normalized spacial score (nSPS) is 10.6. The van der Waals surface area contributed by atoms with Crippen molar-refractivity contribution in [3.8, 4) is 11.5 Å². The molecule has 5 heteroatoms. The van der Waals surface area contributed by atoms with Crippen molar-refractivity contribution in [2.75, 3.05) is 5.32 Å². The molecule has 3 aromatic rings. The van der Waals surface area contributed by atoms with Gasteiger partial charge in [0.2, 0.25) is 5.91 Å². The van der Waals surface area contributed by atoms with Gasteiger partial charge in [-0.1, -0.05) is 35.0 Å². The second kappa shape index (κ2) is 7.87. The molecule has 0 saturated carbocycles. The molecular weight excluding hydrogens is 328 g/mol. The Morgan fingerprint density at radius 1 is 1.08 bits per heavy atom. The molecule has 0 bridgehead atoms. The summed E-state index contributed by atoms with van der Waals surface area (Å²) in [4.78, 5) is 12.4. The fourth-order valence-corrected chi connectivity index (χ4v) is 2.70. The van der Waals surface area contributed by atoms with E-state index in [1.54, 1.807) is 0 Å². The van der Waals surface area contributed by atoms with Crippen molar-refractivity contribution in [3.05, 3.63) is 71.1 Å². The van der Waals surface area contributed by atoms with E-state index in [4.69, 9.17) is 9.26 Å². The molecule has 0 atom stereocenters. The second-order valence-electron chi connectivity index (χ2n) is 6.26. The van der Waals surface area contributed by atoms with E-state index in [1.165, 1.54) is 5.56 Å². The Kier molecular flexibility index (Phi) is 5.37. The van der Waals surface area contributed by atoms with Crippen molar-refractivity contribution in [1.29, 1.82) is 0 Å². The van der Waals surface area contributed by atoms with Crippen LogP contribution in [-0.2, 0) is 11.2 Å². The SMILES string of the molecule is Cc1ccc(Oc2ccccc2NC(=O)CCc2c(C)noc2C)cc1. The van der Waals surface area contributed by atoms with Gasteiger partial charge in [-0.3, -0.25) is 4.79 Å². The van der Waals surface area contributed by atoms with Crippen molar-refractivity contribution in [2.24, 2.45) is 0 Å². The number of hydrogen-bond donors (Lipinski definition) is 1. The molecule has 134 valence electrons. The summed E-state index contributed by atoms with van der Waals surface area (Å²) in [6, 6.07) is 15.2. The number of aromatic nitrogens is 1. The highest BCUT2D eigenvalue weighted by molar-refractivity contribution is 5.92. The molecule has 0 aliphatic heterocycles. The summed E-state index contributed by atoms with van der Waals surface area (Å²) in [5, 5.41) is 6.85. The molecule has 1 heterocycles. The maximum Gasteiger partial charge on any atom is 0.224 e. The van der Waals surface area contributed by atoms with Gasteiger partial charge in [-0.25, -0.2) is 0 Å². The Balaban J connectivity index is 1.66. The predicted molar refractivity (Wildman–Crippen MR) is 101 cm³/mol. The van der Waals surface area contributed by atoms with Gasteiger partial charge >= 0.3 is 0 Å². The zero-order valence-corrected chi connectivity index (χ0v) is 15.2. The molecule has 1 aromatic heterocycles. The van der Waals surface area contributed by atoms with E-state index in [1.807, 2.05) is 69.3 Å². The largest absolute Gasteiger partial charge is 0.455 e. The van der Waals surface area contributed by atoms with Crippen molar-refractivity contribution in [2.45, 2.75) is 33.6 Å². The highest BCUT2D eigenvalue weighted by atomic mass is 16.5. The minimum absolute atomic E-state index is 0.0787. The second-order valence-corrected chi connectivity index (χ2v) is 6.26. The van der Waals surface area contributed by atoms with E-state index < -0.39 is 0 Å². The van der Waals surface area contributed by atoms with E-state index in [0.29, 0.717) is 24.3 Å². The van der Waals surface area contributed by atoms with Gasteiger partial charge in [-0.05, 0) is 51.5 Å². The summed E-state index contributed by atoms with van der Waals surface area (Å²) in [5.41, 5.74) is 3.64. The zero-order chi connectivity index (χ0) is 18.5. The Morgan fingerprint density at radius 2 is 1.81 bits per heavy atom. The minimum atomic E-state index is -0.0787. The molecule has 26 heavy (non-hydrogen) atoms. The molecule has 0 radical (unpaired) electrons. The fraction of sp³-hybridized carbons (Fsp3) is 0.238. The Labute approximate surface area is 153 Å². The van der Waals surface area contributed by atoms with Crippen molar-refractivity contribution in [1.82, 2.24) is 5.16 Å². The van der Waals surface area contributed by atoms with E-state index >= 15 is 0 Å². The lowest BCUT2D eigenvalue weighted by atomic mass is 10.1. The number of carbonyl (C=O) groups is 1. The first-order chi connectivity index (χ1) is 12.5. The predicted octanol–water partition coefficient (Wildman–Crippen LogP) is 4.96. The van der Waals surface area contributed by atoms with Gasteiger partial charge in [0, 0.05) is 12.0 Å². The van der Waals surface area contributed by atoms with Gasteiger partial charge in [0.1, 0.15) is 11.5 Å². The summed E-state index contributed by atoms with van der Waals surface area (Å²) >= 11 is 0. The maximum atomic E-state index is 12.4. The monoisotopic (exact) mass is 350 g/mol. The first kappa shape index (κ1) is 17.7. The first-order valence-electron chi connectivity index (χ1n) is 8.58. The van der Waals surface area contributed by atoms with Crippen LogP contribution in [0.4, 0.5) is 5.69 Å². The van der Waals surface area contributed by atoms with Crippen LogP contribution in [0.25, 0.3) is 0 Å². The van der Waals surface area contributed by atoms with E-state index in [2.05, 4.69) is 10.5 Å². The van der Waals surface area contributed by atoms with E-state index in [0.717, 1.165) is 22.8 Å². The lowest BCUT2D eigenvalue weighted by Crippen LogP contribution is -2.13. The number of anilines is 1. The number of benzene rings is 2. The highest BCUT2D eigenvalue weighted by Crippen LogP contribution is 2.29. The Morgan fingerprint density at radius 3 is 2.50 bits per heavy atom. The number of nitrogens with zero attached hydrogens (tertiary/aromatic N) is 1. The smallest absolute Gasteiger partial charge is 0.224 e. The molecule has 1 amide bonds. The fourth-order valence-electron chi connectivity index (χ4n) is 2.70. The molecule has 3 rings (SSSR count). The van der Waals surface area contributed by atoms with Crippen LogP contribution >= 0.6 is 0 Å². The van der Waals surface area contributed by atoms with Crippen LogP contribution in [0.15, 0.2) is 53.1 Å². The first-order valence-corrected chi connectivity index (χ1v) is 8.58. The molecule has 0 unspecified atom stereocenters. The summed E-state index contributed by atoms with van der Waals surface area (Å²) in [6.45, 7) is 5.77. The lowest BCUT2D eigenvalue weighted by Gasteiger charge is -2.12. The molecule has 0 spiro atoms. The number of rotatable bonds is 6. The van der Waals surface area contributed by atoms with Gasteiger partial charge < -0.3 is 14.6 Å². The van der Waals surface area contributed by atoms with Gasteiger partial charge in [0.05, 0.1) is 11.4 Å². The number of amides is 1. The molecule has 0 aliphatic rings. The van der Waals surface area contributed by atoms with Crippen LogP contribution in [0.5, 0.6) is 11.5 Å². The molecule has 2 aromatic carbocycles. The molecule has 5 nitrogen and oxygen atoms in total. The van der Waals surface area contributed by atoms with Crippen LogP contribution in [0, 0.1) is 20.8 Å². The number of aryl methyl sites for hydroxylation is 3. The average Bonchev–Trinajstić information content (AvgIpc) is 2.95. The van der Waals surface area contributed by atoms with Crippen molar-refractivity contribution >= 4 is 11.6 Å². The third-order valence-electron chi connectivity index (χ3n) is 4.19. The third-order valence-corrected chi connectivity index (χ3v) is 4.19. The molecule has 1 N–H and O–H groups in total. The Hall–Kier alpha value is -3.08. The standard InChI is InChI=1S/C21H22N2O3/c1-14-8-10-17(11-9-14)25-20-7-5-4-6-19(20)22-21(24)13-12-18-15(2)23-26-16(18)3/h4-11H,12-13H2,1-3H3,(H,22,24). The van der Waals surface area contributed by atoms with Crippen LogP contribution in [-0.4, -0.2) is 11.1 Å². The highest BCUT2D eigenvalue weighted by Gasteiger charge is 2.13. The molecule has 0 fully saturated rings. The van der Waals surface area contributed by atoms with Gasteiger partial charge in [-0.15, -0.1) is 0 Å². The molecule has 0 aliphatic carbocycles. The van der Waals surface area contributed by atoms with Crippen LogP contribution in [0.3, 0.4) is 0 Å². The van der Waals surface area contributed by atoms with E-state index in [9.17, 15) is 4.79 Å². The van der Waals surface area contributed by atoms with Gasteiger partial charge in [0.15, 0.2) is 5.75 Å². The number of hydrogen-bond acceptors (Lipinski definition) is 4. The minimum Gasteiger partial charge on any atom is -0.455 e. The number of nitrogens with one attached hydrogen (secondary N) is 1. The summed E-state index contributed by atoms with van der Waals surface area (Å²) in [5.74, 6) is 2.03. The van der Waals surface area contributed by atoms with Crippen LogP contribution in [0.1, 0.15) is 29.0 Å². The van der Waals surface area contributed by atoms with E-state index in [-0.39, 0.29) is 5.91 Å². The summed E-state index contributed by atoms with van der Waals surface area (Å²) in [7, 11) is 0. The summed E-state index contributed by atoms with van der Waals surface area (Å²) < 4.78 is 11.1. The average molecular weight is 350 g/mol. The van der Waals surface area contributed by atoms with Gasteiger partial charge in [-0.2, -0.15) is 0 Å². The quantitative estimate of drug-likeness (QED) is 0.682. The van der Waals surface area contributed by atoms with Crippen molar-refractivity contribution < 1.29 is 14.1 Å². The molecular formula is C21H22N2O3. The number of ether oxygens (including phenoxy) is 1. The van der Waals surface area contributed by atoms with Crippen molar-refractivity contribution in [3.63, 3.8) is 0 Å². The zero-order valence-electron chi connectivity index (χ0n) is 15.2.